The molecule has 8 heteroatoms. The lowest BCUT2D eigenvalue weighted by Crippen LogP contribution is -2.59. The van der Waals surface area contributed by atoms with Gasteiger partial charge >= 0.3 is 0 Å². The predicted octanol–water partition coefficient (Wildman–Crippen LogP) is 1.40. The average molecular weight is 381 g/mol. The number of methoxy groups -OCH3 is 1. The van der Waals surface area contributed by atoms with Crippen LogP contribution in [-0.4, -0.2) is 75.9 Å². The van der Waals surface area contributed by atoms with Gasteiger partial charge in [0.25, 0.3) is 0 Å². The number of nitrogens with zero attached hydrogens (tertiary/aromatic N) is 3. The number of imidazole rings is 1. The molecule has 3 rings (SSSR count). The first-order chi connectivity index (χ1) is 12.5. The van der Waals surface area contributed by atoms with Gasteiger partial charge in [-0.05, 0) is 18.1 Å². The number of carbonyl (C=O) groups is 2. The van der Waals surface area contributed by atoms with Crippen molar-refractivity contribution in [3.63, 3.8) is 0 Å². The second-order valence-corrected chi connectivity index (χ2v) is 8.80. The lowest BCUT2D eigenvalue weighted by atomic mass is 9.78. The minimum atomic E-state index is -0.425. The summed E-state index contributed by atoms with van der Waals surface area (Å²) in [5.74, 6) is 0.702. The molecular weight excluding hydrogens is 352 g/mol. The Morgan fingerprint density at radius 3 is 2.69 bits per heavy atom. The molecule has 0 bridgehead atoms. The number of thioether (sulfide) groups is 1. The molecule has 144 valence electrons. The first-order valence-electron chi connectivity index (χ1n) is 9.19. The molecule has 0 saturated carbocycles. The van der Waals surface area contributed by atoms with E-state index >= 15 is 0 Å². The van der Waals surface area contributed by atoms with E-state index in [1.165, 1.54) is 0 Å². The van der Waals surface area contributed by atoms with Crippen LogP contribution in [0.3, 0.4) is 0 Å². The van der Waals surface area contributed by atoms with E-state index in [1.807, 2.05) is 9.80 Å². The monoisotopic (exact) mass is 380 g/mol. The summed E-state index contributed by atoms with van der Waals surface area (Å²) in [5, 5.41) is 0.446. The molecule has 0 aliphatic carbocycles. The summed E-state index contributed by atoms with van der Waals surface area (Å²) in [4.78, 5) is 36.8. The number of likely N-dealkylation sites (tertiary alicyclic amines) is 1. The van der Waals surface area contributed by atoms with E-state index in [1.54, 1.807) is 25.2 Å². The van der Waals surface area contributed by atoms with Gasteiger partial charge in [0.1, 0.15) is 6.61 Å². The zero-order chi connectivity index (χ0) is 18.7. The Labute approximate surface area is 158 Å². The molecule has 1 aromatic heterocycles. The highest BCUT2D eigenvalue weighted by atomic mass is 32.2. The van der Waals surface area contributed by atoms with Crippen LogP contribution in [0.25, 0.3) is 0 Å². The normalized spacial score (nSPS) is 19.1. The third kappa shape index (κ3) is 3.62. The Hall–Kier alpha value is -1.54. The van der Waals surface area contributed by atoms with E-state index in [2.05, 4.69) is 23.8 Å². The number of carbonyl (C=O) groups excluding carboxylic acids is 2. The second-order valence-electron chi connectivity index (χ2n) is 7.23. The standard InChI is InChI=1S/C18H28N4O3S/c1-13(2)26-11-16(24)21-8-5-18(6-9-21)17-14(19-12-20-17)4-7-22(18)15(23)10-25-3/h12-13H,4-11H2,1-3H3,(H,19,20). The van der Waals surface area contributed by atoms with Gasteiger partial charge in [-0.1, -0.05) is 13.8 Å². The van der Waals surface area contributed by atoms with Crippen molar-refractivity contribution in [2.45, 2.75) is 43.9 Å². The van der Waals surface area contributed by atoms with E-state index in [0.717, 1.165) is 30.7 Å². The highest BCUT2D eigenvalue weighted by Crippen LogP contribution is 2.42. The van der Waals surface area contributed by atoms with Crippen molar-refractivity contribution in [2.24, 2.45) is 0 Å². The Kier molecular flexibility index (Phi) is 5.92. The SMILES string of the molecule is COCC(=O)N1CCc2[nH]cnc2C12CCN(C(=O)CSC(C)C)CC2. The maximum atomic E-state index is 12.7. The summed E-state index contributed by atoms with van der Waals surface area (Å²) < 4.78 is 5.09. The van der Waals surface area contributed by atoms with Crippen molar-refractivity contribution in [3.8, 4) is 0 Å². The molecule has 1 N–H and O–H groups in total. The number of nitrogens with one attached hydrogen (secondary N) is 1. The van der Waals surface area contributed by atoms with Crippen LogP contribution >= 0.6 is 11.8 Å². The molecule has 2 aliphatic heterocycles. The van der Waals surface area contributed by atoms with Gasteiger partial charge in [0, 0.05) is 38.9 Å². The lowest BCUT2D eigenvalue weighted by molar-refractivity contribution is -0.147. The number of aromatic amines is 1. The zero-order valence-corrected chi connectivity index (χ0v) is 16.6. The fourth-order valence-electron chi connectivity index (χ4n) is 4.00. The van der Waals surface area contributed by atoms with Crippen molar-refractivity contribution >= 4 is 23.6 Å². The number of rotatable bonds is 5. The summed E-state index contributed by atoms with van der Waals surface area (Å²) in [6, 6.07) is 0. The van der Waals surface area contributed by atoms with Crippen molar-refractivity contribution in [1.82, 2.24) is 19.8 Å². The highest BCUT2D eigenvalue weighted by Gasteiger charge is 2.48. The van der Waals surface area contributed by atoms with Crippen molar-refractivity contribution in [1.29, 1.82) is 0 Å². The maximum absolute atomic E-state index is 12.7. The molecule has 2 aliphatic rings. The number of fused-ring (bicyclic) bond motifs is 2. The molecule has 1 spiro atoms. The number of hydrogen-bond donors (Lipinski definition) is 1. The first-order valence-corrected chi connectivity index (χ1v) is 10.2. The topological polar surface area (TPSA) is 78.5 Å². The quantitative estimate of drug-likeness (QED) is 0.835. The van der Waals surface area contributed by atoms with Crippen LogP contribution in [0.1, 0.15) is 38.1 Å². The van der Waals surface area contributed by atoms with Crippen LogP contribution in [0, 0.1) is 0 Å². The molecular formula is C18H28N4O3S. The summed E-state index contributed by atoms with van der Waals surface area (Å²) in [5.41, 5.74) is 1.66. The van der Waals surface area contributed by atoms with Crippen LogP contribution in [0.2, 0.25) is 0 Å². The van der Waals surface area contributed by atoms with E-state index in [4.69, 9.17) is 4.74 Å². The fraction of sp³-hybridized carbons (Fsp3) is 0.722. The van der Waals surface area contributed by atoms with Crippen LogP contribution in [0.5, 0.6) is 0 Å². The van der Waals surface area contributed by atoms with Crippen LogP contribution in [0.15, 0.2) is 6.33 Å². The van der Waals surface area contributed by atoms with Gasteiger partial charge in [-0.3, -0.25) is 9.59 Å². The van der Waals surface area contributed by atoms with Crippen LogP contribution < -0.4 is 0 Å². The summed E-state index contributed by atoms with van der Waals surface area (Å²) in [6.07, 6.45) is 3.94. The van der Waals surface area contributed by atoms with Crippen LogP contribution in [0.4, 0.5) is 0 Å². The van der Waals surface area contributed by atoms with Crippen LogP contribution in [-0.2, 0) is 26.3 Å². The molecule has 1 aromatic rings. The molecule has 0 atom stereocenters. The fourth-order valence-corrected chi connectivity index (χ4v) is 4.66. The van der Waals surface area contributed by atoms with Gasteiger partial charge in [-0.2, -0.15) is 0 Å². The molecule has 1 saturated heterocycles. The number of H-pyrrole nitrogens is 1. The third-order valence-corrected chi connectivity index (χ3v) is 6.39. The van der Waals surface area contributed by atoms with Gasteiger partial charge in [0.2, 0.25) is 11.8 Å². The molecule has 0 radical (unpaired) electrons. The lowest BCUT2D eigenvalue weighted by Gasteiger charge is -2.50. The summed E-state index contributed by atoms with van der Waals surface area (Å²) in [6.45, 7) is 6.25. The van der Waals surface area contributed by atoms with Crippen molar-refractivity contribution < 1.29 is 14.3 Å². The molecule has 3 heterocycles. The largest absolute Gasteiger partial charge is 0.375 e. The number of piperidine rings is 1. The average Bonchev–Trinajstić information content (AvgIpc) is 3.11. The van der Waals surface area contributed by atoms with Crippen molar-refractivity contribution in [3.05, 3.63) is 17.7 Å². The number of hydrogen-bond acceptors (Lipinski definition) is 5. The third-order valence-electron chi connectivity index (χ3n) is 5.31. The zero-order valence-electron chi connectivity index (χ0n) is 15.8. The van der Waals surface area contributed by atoms with E-state index in [9.17, 15) is 9.59 Å². The highest BCUT2D eigenvalue weighted by molar-refractivity contribution is 8.00. The molecule has 0 unspecified atom stereocenters. The molecule has 26 heavy (non-hydrogen) atoms. The predicted molar refractivity (Wildman–Crippen MR) is 101 cm³/mol. The van der Waals surface area contributed by atoms with Gasteiger partial charge in [0.15, 0.2) is 0 Å². The first kappa shape index (κ1) is 19.2. The van der Waals surface area contributed by atoms with E-state index in [-0.39, 0.29) is 18.4 Å². The minimum absolute atomic E-state index is 0.00344. The second kappa shape index (κ2) is 8.00. The number of ether oxygens (including phenoxy) is 1. The van der Waals surface area contributed by atoms with Gasteiger partial charge < -0.3 is 19.5 Å². The van der Waals surface area contributed by atoms with Gasteiger partial charge in [0.05, 0.1) is 23.3 Å². The Morgan fingerprint density at radius 2 is 2.04 bits per heavy atom. The summed E-state index contributed by atoms with van der Waals surface area (Å²) >= 11 is 1.67. The molecule has 7 nitrogen and oxygen atoms in total. The molecule has 0 aromatic carbocycles. The molecule has 2 amide bonds. The van der Waals surface area contributed by atoms with E-state index < -0.39 is 5.54 Å². The van der Waals surface area contributed by atoms with Gasteiger partial charge in [-0.25, -0.2) is 4.98 Å². The Bertz CT molecular complexity index is 653. The number of aromatic nitrogens is 2. The van der Waals surface area contributed by atoms with E-state index in [0.29, 0.717) is 30.6 Å². The van der Waals surface area contributed by atoms with Crippen molar-refractivity contribution in [2.75, 3.05) is 39.1 Å². The maximum Gasteiger partial charge on any atom is 0.249 e. The van der Waals surface area contributed by atoms with Gasteiger partial charge in [-0.15, -0.1) is 11.8 Å². The summed E-state index contributed by atoms with van der Waals surface area (Å²) in [7, 11) is 1.54. The smallest absolute Gasteiger partial charge is 0.249 e. The Balaban J connectivity index is 1.76. The minimum Gasteiger partial charge on any atom is -0.375 e. The Morgan fingerprint density at radius 1 is 1.31 bits per heavy atom. The number of amides is 2. The molecule has 1 fully saturated rings.